The number of benzene rings is 1. The number of hydrogen-bond acceptors (Lipinski definition) is 6. The van der Waals surface area contributed by atoms with E-state index < -0.39 is 10.1 Å². The molecule has 120 valence electrons. The lowest BCUT2D eigenvalue weighted by molar-refractivity contribution is 0.234. The Bertz CT molecular complexity index is 983. The molecule has 0 amide bonds. The zero-order valence-corrected chi connectivity index (χ0v) is 13.4. The van der Waals surface area contributed by atoms with Gasteiger partial charge in [-0.3, -0.25) is 8.58 Å². The van der Waals surface area contributed by atoms with Gasteiger partial charge in [-0.05, 0) is 24.6 Å². The van der Waals surface area contributed by atoms with Gasteiger partial charge in [-0.25, -0.2) is 4.98 Å². The van der Waals surface area contributed by atoms with Crippen LogP contribution in [0, 0.1) is 0 Å². The first-order chi connectivity index (χ1) is 11.0. The van der Waals surface area contributed by atoms with E-state index in [0.29, 0.717) is 25.3 Å². The molecule has 0 saturated carbocycles. The van der Waals surface area contributed by atoms with Crippen molar-refractivity contribution >= 4 is 32.7 Å². The molecule has 1 aliphatic heterocycles. The predicted molar refractivity (Wildman–Crippen MR) is 87.0 cm³/mol. The number of nitrogens with zero attached hydrogens (tertiary/aromatic N) is 4. The van der Waals surface area contributed by atoms with E-state index in [9.17, 15) is 8.42 Å². The molecule has 2 aromatic heterocycles. The maximum absolute atomic E-state index is 11.2. The normalized spacial score (nSPS) is 19.0. The second-order valence-corrected chi connectivity index (χ2v) is 7.31. The molecule has 1 aliphatic rings. The molecule has 1 atom stereocenters. The van der Waals surface area contributed by atoms with Crippen LogP contribution in [-0.2, 0) is 14.3 Å². The summed E-state index contributed by atoms with van der Waals surface area (Å²) in [5.74, 6) is 1.42. The van der Waals surface area contributed by atoms with E-state index in [1.165, 1.54) is 0 Å². The molecule has 0 unspecified atom stereocenters. The first-order valence-corrected chi connectivity index (χ1v) is 9.18. The molecule has 3 aromatic rings. The molecule has 4 rings (SSSR count). The standard InChI is InChI=1S/C15H16N4O3S/c1-23(20,21)22-11-6-8-18(10-11)14-7-9-19-13-5-3-2-4-12(13)16-15(19)17-14/h2-5,7,9,11H,6,8,10H2,1H3/t11-/m1/s1. The molecule has 1 saturated heterocycles. The Morgan fingerprint density at radius 3 is 2.87 bits per heavy atom. The van der Waals surface area contributed by atoms with Gasteiger partial charge in [0.05, 0.1) is 23.4 Å². The Hall–Kier alpha value is -2.19. The van der Waals surface area contributed by atoms with Gasteiger partial charge < -0.3 is 4.90 Å². The maximum Gasteiger partial charge on any atom is 0.264 e. The summed E-state index contributed by atoms with van der Waals surface area (Å²) in [6.45, 7) is 1.22. The molecule has 0 spiro atoms. The molecule has 8 heteroatoms. The molecular formula is C15H16N4O3S. The quantitative estimate of drug-likeness (QED) is 0.676. The lowest BCUT2D eigenvalue weighted by Gasteiger charge is -2.17. The minimum Gasteiger partial charge on any atom is -0.354 e. The Morgan fingerprint density at radius 1 is 1.22 bits per heavy atom. The van der Waals surface area contributed by atoms with Crippen LogP contribution < -0.4 is 4.90 Å². The number of imidazole rings is 1. The third-order valence-electron chi connectivity index (χ3n) is 3.94. The van der Waals surface area contributed by atoms with Crippen molar-refractivity contribution in [3.05, 3.63) is 36.5 Å². The highest BCUT2D eigenvalue weighted by Gasteiger charge is 2.27. The fourth-order valence-electron chi connectivity index (χ4n) is 2.98. The van der Waals surface area contributed by atoms with Crippen molar-refractivity contribution in [1.29, 1.82) is 0 Å². The Morgan fingerprint density at radius 2 is 2.04 bits per heavy atom. The summed E-state index contributed by atoms with van der Waals surface area (Å²) >= 11 is 0. The van der Waals surface area contributed by atoms with Gasteiger partial charge in [-0.1, -0.05) is 12.1 Å². The summed E-state index contributed by atoms with van der Waals surface area (Å²) in [5.41, 5.74) is 1.91. The highest BCUT2D eigenvalue weighted by Crippen LogP contribution is 2.23. The van der Waals surface area contributed by atoms with Crippen LogP contribution in [0.3, 0.4) is 0 Å². The van der Waals surface area contributed by atoms with E-state index in [1.54, 1.807) is 0 Å². The third kappa shape index (κ3) is 2.75. The largest absolute Gasteiger partial charge is 0.354 e. The molecule has 1 aromatic carbocycles. The van der Waals surface area contributed by atoms with E-state index in [0.717, 1.165) is 23.1 Å². The SMILES string of the molecule is CS(=O)(=O)O[C@@H]1CCN(c2ccn3c(n2)nc2ccccc23)C1. The second-order valence-electron chi connectivity index (χ2n) is 5.71. The first kappa shape index (κ1) is 14.4. The Balaban J connectivity index is 1.64. The van der Waals surface area contributed by atoms with Crippen molar-refractivity contribution < 1.29 is 12.6 Å². The van der Waals surface area contributed by atoms with E-state index in [-0.39, 0.29) is 6.10 Å². The van der Waals surface area contributed by atoms with E-state index in [2.05, 4.69) is 9.97 Å². The summed E-state index contributed by atoms with van der Waals surface area (Å²) in [7, 11) is -3.43. The smallest absolute Gasteiger partial charge is 0.264 e. The van der Waals surface area contributed by atoms with Gasteiger partial charge in [0.2, 0.25) is 5.78 Å². The molecule has 7 nitrogen and oxygen atoms in total. The van der Waals surface area contributed by atoms with Crippen LogP contribution in [0.4, 0.5) is 5.82 Å². The molecule has 0 radical (unpaired) electrons. The van der Waals surface area contributed by atoms with E-state index in [1.807, 2.05) is 45.8 Å². The van der Waals surface area contributed by atoms with Crippen LogP contribution >= 0.6 is 0 Å². The van der Waals surface area contributed by atoms with Crippen molar-refractivity contribution in [2.24, 2.45) is 0 Å². The van der Waals surface area contributed by atoms with Gasteiger partial charge in [0, 0.05) is 19.3 Å². The average molecular weight is 332 g/mol. The number of fused-ring (bicyclic) bond motifs is 3. The van der Waals surface area contributed by atoms with Crippen molar-refractivity contribution in [1.82, 2.24) is 14.4 Å². The molecule has 0 aliphatic carbocycles. The van der Waals surface area contributed by atoms with Crippen molar-refractivity contribution in [3.63, 3.8) is 0 Å². The topological polar surface area (TPSA) is 76.8 Å². The monoisotopic (exact) mass is 332 g/mol. The third-order valence-corrected chi connectivity index (χ3v) is 4.57. The molecule has 1 fully saturated rings. The zero-order chi connectivity index (χ0) is 16.0. The van der Waals surface area contributed by atoms with Gasteiger partial charge >= 0.3 is 0 Å². The van der Waals surface area contributed by atoms with Gasteiger partial charge in [0.15, 0.2) is 0 Å². The van der Waals surface area contributed by atoms with Crippen LogP contribution in [0.15, 0.2) is 36.5 Å². The Labute approximate surface area is 133 Å². The van der Waals surface area contributed by atoms with Crippen molar-refractivity contribution in [2.45, 2.75) is 12.5 Å². The minimum atomic E-state index is -3.43. The van der Waals surface area contributed by atoms with Crippen LogP contribution in [0.1, 0.15) is 6.42 Å². The number of para-hydroxylation sites is 2. The lowest BCUT2D eigenvalue weighted by atomic mass is 10.3. The fourth-order valence-corrected chi connectivity index (χ4v) is 3.63. The fraction of sp³-hybridized carbons (Fsp3) is 0.333. The summed E-state index contributed by atoms with van der Waals surface area (Å²) in [5, 5.41) is 0. The van der Waals surface area contributed by atoms with Crippen LogP contribution in [0.5, 0.6) is 0 Å². The molecular weight excluding hydrogens is 316 g/mol. The highest BCUT2D eigenvalue weighted by atomic mass is 32.2. The summed E-state index contributed by atoms with van der Waals surface area (Å²) in [6, 6.07) is 9.79. The summed E-state index contributed by atoms with van der Waals surface area (Å²) in [6.07, 6.45) is 3.37. The van der Waals surface area contributed by atoms with Crippen molar-refractivity contribution in [2.75, 3.05) is 24.2 Å². The minimum absolute atomic E-state index is 0.318. The van der Waals surface area contributed by atoms with Gasteiger partial charge in [0.25, 0.3) is 10.1 Å². The van der Waals surface area contributed by atoms with Crippen LogP contribution in [0.2, 0.25) is 0 Å². The number of rotatable bonds is 3. The van der Waals surface area contributed by atoms with Crippen LogP contribution in [0.25, 0.3) is 16.8 Å². The maximum atomic E-state index is 11.2. The number of aromatic nitrogens is 3. The highest BCUT2D eigenvalue weighted by molar-refractivity contribution is 7.86. The van der Waals surface area contributed by atoms with E-state index in [4.69, 9.17) is 4.18 Å². The Kier molecular flexibility index (Phi) is 3.24. The average Bonchev–Trinajstić information content (AvgIpc) is 3.08. The van der Waals surface area contributed by atoms with Gasteiger partial charge in [-0.15, -0.1) is 0 Å². The number of hydrogen-bond donors (Lipinski definition) is 0. The van der Waals surface area contributed by atoms with Crippen LogP contribution in [-0.4, -0.2) is 48.2 Å². The van der Waals surface area contributed by atoms with Crippen molar-refractivity contribution in [3.8, 4) is 0 Å². The molecule has 3 heterocycles. The van der Waals surface area contributed by atoms with Gasteiger partial charge in [-0.2, -0.15) is 13.4 Å². The van der Waals surface area contributed by atoms with E-state index >= 15 is 0 Å². The first-order valence-electron chi connectivity index (χ1n) is 7.37. The van der Waals surface area contributed by atoms with Gasteiger partial charge in [0.1, 0.15) is 5.82 Å². The summed E-state index contributed by atoms with van der Waals surface area (Å²) < 4.78 is 29.5. The second kappa shape index (κ2) is 5.17. The summed E-state index contributed by atoms with van der Waals surface area (Å²) in [4.78, 5) is 11.1. The molecule has 0 bridgehead atoms. The predicted octanol–water partition coefficient (Wildman–Crippen LogP) is 1.44. The zero-order valence-electron chi connectivity index (χ0n) is 12.6. The molecule has 23 heavy (non-hydrogen) atoms. The number of anilines is 1. The lowest BCUT2D eigenvalue weighted by Crippen LogP contribution is -2.25. The molecule has 0 N–H and O–H groups in total.